The van der Waals surface area contributed by atoms with E-state index in [-0.39, 0.29) is 30.8 Å². The molecule has 1 N–H and O–H groups in total. The predicted molar refractivity (Wildman–Crippen MR) is 80.1 cm³/mol. The van der Waals surface area contributed by atoms with Crippen molar-refractivity contribution in [1.29, 1.82) is 0 Å². The van der Waals surface area contributed by atoms with Crippen LogP contribution in [0.5, 0.6) is 0 Å². The molecule has 4 amide bonds. The second-order valence-electron chi connectivity index (χ2n) is 5.49. The van der Waals surface area contributed by atoms with Crippen LogP contribution in [0.3, 0.4) is 0 Å². The van der Waals surface area contributed by atoms with Crippen LogP contribution in [-0.2, 0) is 9.59 Å². The zero-order chi connectivity index (χ0) is 15.5. The van der Waals surface area contributed by atoms with Gasteiger partial charge in [-0.1, -0.05) is 0 Å². The Morgan fingerprint density at radius 2 is 2.23 bits per heavy atom. The van der Waals surface area contributed by atoms with E-state index in [1.807, 2.05) is 10.3 Å². The Morgan fingerprint density at radius 1 is 1.36 bits per heavy atom. The van der Waals surface area contributed by atoms with E-state index in [0.717, 1.165) is 24.3 Å². The molecule has 0 aliphatic carbocycles. The maximum Gasteiger partial charge on any atom is 0.324 e. The number of urea groups is 1. The molecule has 0 saturated carbocycles. The first-order valence-electron chi connectivity index (χ1n) is 7.43. The van der Waals surface area contributed by atoms with E-state index in [0.29, 0.717) is 13.1 Å². The van der Waals surface area contributed by atoms with Gasteiger partial charge in [-0.05, 0) is 19.3 Å². The van der Waals surface area contributed by atoms with Crippen molar-refractivity contribution in [2.24, 2.45) is 0 Å². The minimum absolute atomic E-state index is 0.00994. The molecule has 2 saturated heterocycles. The number of thiazole rings is 1. The van der Waals surface area contributed by atoms with Gasteiger partial charge in [0.05, 0.1) is 6.04 Å². The van der Waals surface area contributed by atoms with Crippen LogP contribution in [0, 0.1) is 0 Å². The van der Waals surface area contributed by atoms with E-state index in [4.69, 9.17) is 0 Å². The molecule has 3 rings (SSSR count). The molecular weight excluding hydrogens is 304 g/mol. The third kappa shape index (κ3) is 3.11. The molecule has 1 atom stereocenters. The first-order valence-corrected chi connectivity index (χ1v) is 8.31. The summed E-state index contributed by atoms with van der Waals surface area (Å²) < 4.78 is 0. The lowest BCUT2D eigenvalue weighted by atomic mass is 10.0. The van der Waals surface area contributed by atoms with Gasteiger partial charge in [0, 0.05) is 31.1 Å². The lowest BCUT2D eigenvalue weighted by molar-refractivity contribution is -0.136. The average Bonchev–Trinajstić information content (AvgIpc) is 3.04. The maximum absolute atomic E-state index is 12.6. The number of hydrogen-bond donors (Lipinski definition) is 1. The number of rotatable bonds is 3. The quantitative estimate of drug-likeness (QED) is 0.904. The number of likely N-dealkylation sites (tertiary alicyclic amines) is 1. The summed E-state index contributed by atoms with van der Waals surface area (Å²) in [6.45, 7) is 1.00. The van der Waals surface area contributed by atoms with E-state index in [9.17, 15) is 14.4 Å². The van der Waals surface area contributed by atoms with Gasteiger partial charge in [-0.2, -0.15) is 0 Å². The average molecular weight is 322 g/mol. The van der Waals surface area contributed by atoms with Gasteiger partial charge in [0.2, 0.25) is 11.8 Å². The number of imide groups is 1. The summed E-state index contributed by atoms with van der Waals surface area (Å²) in [5, 5.41) is 5.11. The normalized spacial score (nSPS) is 22.6. The molecule has 8 heteroatoms. The molecule has 118 valence electrons. The van der Waals surface area contributed by atoms with Crippen LogP contribution in [0.2, 0.25) is 0 Å². The van der Waals surface area contributed by atoms with Crippen LogP contribution in [0.4, 0.5) is 4.79 Å². The summed E-state index contributed by atoms with van der Waals surface area (Å²) in [5.41, 5.74) is 0. The van der Waals surface area contributed by atoms with Gasteiger partial charge in [-0.25, -0.2) is 9.78 Å². The summed E-state index contributed by atoms with van der Waals surface area (Å²) in [6.07, 6.45) is 4.95. The fourth-order valence-electron chi connectivity index (χ4n) is 2.89. The van der Waals surface area contributed by atoms with E-state index in [1.54, 1.807) is 17.5 Å². The number of carbonyl (C=O) groups is 3. The summed E-state index contributed by atoms with van der Waals surface area (Å²) in [4.78, 5) is 43.1. The number of aromatic nitrogens is 1. The molecule has 0 unspecified atom stereocenters. The second kappa shape index (κ2) is 6.43. The molecular formula is C14H18N4O3S. The standard InChI is InChI=1S/C14H18N4O3S/c19-11-4-7-17(14(21)16-11)9-12(20)18-6-2-1-3-10(18)13-15-5-8-22-13/h5,8,10H,1-4,6-7,9H2,(H,16,19,21)/t10-/m1/s1. The largest absolute Gasteiger partial charge is 0.332 e. The van der Waals surface area contributed by atoms with E-state index in [1.165, 1.54) is 4.90 Å². The third-order valence-corrected chi connectivity index (χ3v) is 4.90. The second-order valence-corrected chi connectivity index (χ2v) is 6.42. The minimum Gasteiger partial charge on any atom is -0.332 e. The van der Waals surface area contributed by atoms with Crippen LogP contribution in [-0.4, -0.2) is 52.3 Å². The zero-order valence-corrected chi connectivity index (χ0v) is 13.0. The zero-order valence-electron chi connectivity index (χ0n) is 12.2. The minimum atomic E-state index is -0.479. The van der Waals surface area contributed by atoms with Gasteiger partial charge in [0.25, 0.3) is 0 Å². The molecule has 0 radical (unpaired) electrons. The summed E-state index contributed by atoms with van der Waals surface area (Å²) >= 11 is 1.55. The number of amides is 4. The monoisotopic (exact) mass is 322 g/mol. The Hall–Kier alpha value is -1.96. The van der Waals surface area contributed by atoms with Gasteiger partial charge in [0.1, 0.15) is 11.6 Å². The van der Waals surface area contributed by atoms with Crippen LogP contribution in [0.25, 0.3) is 0 Å². The van der Waals surface area contributed by atoms with Crippen molar-refractivity contribution in [3.05, 3.63) is 16.6 Å². The van der Waals surface area contributed by atoms with Gasteiger partial charge in [-0.3, -0.25) is 14.9 Å². The van der Waals surface area contributed by atoms with Crippen molar-refractivity contribution in [2.45, 2.75) is 31.7 Å². The van der Waals surface area contributed by atoms with Gasteiger partial charge in [0.15, 0.2) is 0 Å². The van der Waals surface area contributed by atoms with Crippen molar-refractivity contribution >= 4 is 29.2 Å². The van der Waals surface area contributed by atoms with Crippen molar-refractivity contribution in [3.63, 3.8) is 0 Å². The first-order chi connectivity index (χ1) is 10.6. The highest BCUT2D eigenvalue weighted by Gasteiger charge is 2.32. The van der Waals surface area contributed by atoms with Gasteiger partial charge >= 0.3 is 6.03 Å². The summed E-state index contributed by atoms with van der Waals surface area (Å²) in [6, 6.07) is -0.469. The lowest BCUT2D eigenvalue weighted by Gasteiger charge is -2.36. The highest BCUT2D eigenvalue weighted by Crippen LogP contribution is 2.32. The Kier molecular flexibility index (Phi) is 4.37. The van der Waals surface area contributed by atoms with Crippen LogP contribution < -0.4 is 5.32 Å². The lowest BCUT2D eigenvalue weighted by Crippen LogP contribution is -2.53. The molecule has 1 aromatic heterocycles. The Bertz CT molecular complexity index is 575. The molecule has 7 nitrogen and oxygen atoms in total. The number of hydrogen-bond acceptors (Lipinski definition) is 5. The number of piperidine rings is 1. The van der Waals surface area contributed by atoms with Gasteiger partial charge in [-0.15, -0.1) is 11.3 Å². The third-order valence-electron chi connectivity index (χ3n) is 4.03. The fraction of sp³-hybridized carbons (Fsp3) is 0.571. The van der Waals surface area contributed by atoms with Crippen molar-refractivity contribution in [2.75, 3.05) is 19.6 Å². The highest BCUT2D eigenvalue weighted by molar-refractivity contribution is 7.09. The number of nitrogens with one attached hydrogen (secondary N) is 1. The van der Waals surface area contributed by atoms with Crippen LogP contribution in [0.15, 0.2) is 11.6 Å². The number of nitrogens with zero attached hydrogens (tertiary/aromatic N) is 3. The summed E-state index contributed by atoms with van der Waals surface area (Å²) in [5.74, 6) is -0.364. The maximum atomic E-state index is 12.6. The molecule has 0 aromatic carbocycles. The highest BCUT2D eigenvalue weighted by atomic mass is 32.1. The van der Waals surface area contributed by atoms with Crippen LogP contribution in [0.1, 0.15) is 36.7 Å². The predicted octanol–water partition coefficient (Wildman–Crippen LogP) is 1.14. The molecule has 3 heterocycles. The topological polar surface area (TPSA) is 82.6 Å². The van der Waals surface area contributed by atoms with Crippen LogP contribution >= 0.6 is 11.3 Å². The van der Waals surface area contributed by atoms with E-state index in [2.05, 4.69) is 10.3 Å². The molecule has 1 aromatic rings. The number of carbonyl (C=O) groups excluding carboxylic acids is 3. The Morgan fingerprint density at radius 3 is 2.95 bits per heavy atom. The van der Waals surface area contributed by atoms with Crippen molar-refractivity contribution in [1.82, 2.24) is 20.1 Å². The molecule has 2 fully saturated rings. The van der Waals surface area contributed by atoms with E-state index < -0.39 is 6.03 Å². The summed E-state index contributed by atoms with van der Waals surface area (Å²) in [7, 11) is 0. The van der Waals surface area contributed by atoms with Crippen molar-refractivity contribution in [3.8, 4) is 0 Å². The smallest absolute Gasteiger partial charge is 0.324 e. The first kappa shape index (κ1) is 15.0. The molecule has 0 spiro atoms. The van der Waals surface area contributed by atoms with Crippen molar-refractivity contribution < 1.29 is 14.4 Å². The van der Waals surface area contributed by atoms with Gasteiger partial charge < -0.3 is 9.80 Å². The molecule has 0 bridgehead atoms. The molecule has 2 aliphatic rings. The Balaban J connectivity index is 1.67. The van der Waals surface area contributed by atoms with E-state index >= 15 is 0 Å². The SMILES string of the molecule is O=C1CCN(CC(=O)N2CCCC[C@@H]2c2nccs2)C(=O)N1. The molecule has 2 aliphatic heterocycles. The fourth-order valence-corrected chi connectivity index (χ4v) is 3.67. The molecule has 22 heavy (non-hydrogen) atoms. The Labute approximate surface area is 132 Å².